The van der Waals surface area contributed by atoms with Crippen molar-refractivity contribution in [1.82, 2.24) is 4.90 Å². The lowest BCUT2D eigenvalue weighted by Crippen LogP contribution is -2.37. The standard InChI is InChI=1S/C11H14N2O2S/c12-9-3-1-2-8(10(9)14)11(15)13-4-6-16-7-5-13/h1-3,14H,4-7,12H2. The molecule has 4 nitrogen and oxygen atoms in total. The molecule has 0 bridgehead atoms. The van der Waals surface area contributed by atoms with Gasteiger partial charge >= 0.3 is 0 Å². The number of anilines is 1. The first kappa shape index (κ1) is 11.1. The number of hydrogen-bond donors (Lipinski definition) is 2. The molecular formula is C11H14N2O2S. The number of nitrogens with two attached hydrogens (primary N) is 1. The molecule has 0 saturated carbocycles. The molecule has 1 aliphatic heterocycles. The van der Waals surface area contributed by atoms with E-state index in [9.17, 15) is 9.90 Å². The molecule has 2 rings (SSSR count). The Kier molecular flexibility index (Phi) is 3.24. The lowest BCUT2D eigenvalue weighted by Gasteiger charge is -2.26. The van der Waals surface area contributed by atoms with E-state index in [1.807, 2.05) is 11.8 Å². The van der Waals surface area contributed by atoms with Crippen molar-refractivity contribution in [3.63, 3.8) is 0 Å². The lowest BCUT2D eigenvalue weighted by atomic mass is 10.1. The number of hydrogen-bond acceptors (Lipinski definition) is 4. The molecule has 1 fully saturated rings. The summed E-state index contributed by atoms with van der Waals surface area (Å²) in [5.41, 5.74) is 6.11. The van der Waals surface area contributed by atoms with Crippen LogP contribution in [0.1, 0.15) is 10.4 Å². The number of nitrogens with zero attached hydrogens (tertiary/aromatic N) is 1. The van der Waals surface area contributed by atoms with Gasteiger partial charge in [0.1, 0.15) is 0 Å². The van der Waals surface area contributed by atoms with Gasteiger partial charge in [-0.05, 0) is 12.1 Å². The molecule has 0 unspecified atom stereocenters. The fourth-order valence-corrected chi connectivity index (χ4v) is 2.57. The number of nitrogen functional groups attached to an aromatic ring is 1. The monoisotopic (exact) mass is 238 g/mol. The third-order valence-corrected chi connectivity index (χ3v) is 3.54. The van der Waals surface area contributed by atoms with E-state index >= 15 is 0 Å². The topological polar surface area (TPSA) is 66.6 Å². The Morgan fingerprint density at radius 2 is 2.06 bits per heavy atom. The quantitative estimate of drug-likeness (QED) is 0.569. The van der Waals surface area contributed by atoms with Crippen molar-refractivity contribution in [2.45, 2.75) is 0 Å². The molecule has 0 aromatic heterocycles. The zero-order valence-electron chi connectivity index (χ0n) is 8.85. The van der Waals surface area contributed by atoms with Crippen LogP contribution in [0, 0.1) is 0 Å². The van der Waals surface area contributed by atoms with Crippen molar-refractivity contribution >= 4 is 23.4 Å². The summed E-state index contributed by atoms with van der Waals surface area (Å²) in [6.45, 7) is 1.47. The van der Waals surface area contributed by atoms with Crippen molar-refractivity contribution in [3.8, 4) is 5.75 Å². The minimum atomic E-state index is -0.134. The van der Waals surface area contributed by atoms with Crippen LogP contribution >= 0.6 is 11.8 Å². The number of aromatic hydroxyl groups is 1. The number of phenolic OH excluding ortho intramolecular Hbond substituents is 1. The van der Waals surface area contributed by atoms with Crippen LogP contribution in [0.3, 0.4) is 0 Å². The highest BCUT2D eigenvalue weighted by Crippen LogP contribution is 2.26. The Bertz CT molecular complexity index is 403. The van der Waals surface area contributed by atoms with Crippen molar-refractivity contribution in [2.24, 2.45) is 0 Å². The number of rotatable bonds is 1. The van der Waals surface area contributed by atoms with Crippen LogP contribution in [0.4, 0.5) is 5.69 Å². The van der Waals surface area contributed by atoms with Crippen LogP contribution in [0.15, 0.2) is 18.2 Å². The third-order valence-electron chi connectivity index (χ3n) is 2.60. The molecule has 1 heterocycles. The SMILES string of the molecule is Nc1cccc(C(=O)N2CCSCC2)c1O. The molecule has 1 amide bonds. The number of benzene rings is 1. The number of para-hydroxylation sites is 1. The zero-order valence-corrected chi connectivity index (χ0v) is 9.67. The fourth-order valence-electron chi connectivity index (χ4n) is 1.67. The molecule has 0 aliphatic carbocycles. The van der Waals surface area contributed by atoms with E-state index < -0.39 is 0 Å². The summed E-state index contributed by atoms with van der Waals surface area (Å²) in [4.78, 5) is 13.8. The summed E-state index contributed by atoms with van der Waals surface area (Å²) in [6.07, 6.45) is 0. The number of phenols is 1. The van der Waals surface area contributed by atoms with Gasteiger partial charge in [-0.1, -0.05) is 6.07 Å². The van der Waals surface area contributed by atoms with Crippen LogP contribution < -0.4 is 5.73 Å². The van der Waals surface area contributed by atoms with E-state index in [-0.39, 0.29) is 17.3 Å². The molecule has 1 aromatic carbocycles. The van der Waals surface area contributed by atoms with Crippen LogP contribution in [0.2, 0.25) is 0 Å². The molecule has 86 valence electrons. The summed E-state index contributed by atoms with van der Waals surface area (Å²) in [5, 5.41) is 9.72. The highest BCUT2D eigenvalue weighted by molar-refractivity contribution is 7.99. The molecule has 3 N–H and O–H groups in total. The number of carbonyl (C=O) groups is 1. The summed E-state index contributed by atoms with van der Waals surface area (Å²) < 4.78 is 0. The molecular weight excluding hydrogens is 224 g/mol. The summed E-state index contributed by atoms with van der Waals surface area (Å²) in [7, 11) is 0. The first-order chi connectivity index (χ1) is 7.70. The second-order valence-corrected chi connectivity index (χ2v) is 4.87. The normalized spacial score (nSPS) is 16.1. The molecule has 0 radical (unpaired) electrons. The van der Waals surface area contributed by atoms with Gasteiger partial charge in [0.05, 0.1) is 11.3 Å². The Labute approximate surface area is 98.4 Å². The average Bonchev–Trinajstić information content (AvgIpc) is 2.33. The third kappa shape index (κ3) is 2.09. The predicted molar refractivity (Wildman–Crippen MR) is 65.7 cm³/mol. The molecule has 1 saturated heterocycles. The Balaban J connectivity index is 2.22. The van der Waals surface area contributed by atoms with E-state index in [2.05, 4.69) is 0 Å². The van der Waals surface area contributed by atoms with Gasteiger partial charge in [-0.25, -0.2) is 0 Å². The minimum absolute atomic E-state index is 0.106. The van der Waals surface area contributed by atoms with Crippen molar-refractivity contribution < 1.29 is 9.90 Å². The Morgan fingerprint density at radius 3 is 2.75 bits per heavy atom. The maximum Gasteiger partial charge on any atom is 0.257 e. The van der Waals surface area contributed by atoms with Crippen LogP contribution in [0.25, 0.3) is 0 Å². The van der Waals surface area contributed by atoms with E-state index in [0.717, 1.165) is 24.6 Å². The maximum absolute atomic E-state index is 12.1. The zero-order chi connectivity index (χ0) is 11.5. The average molecular weight is 238 g/mol. The van der Waals surface area contributed by atoms with Gasteiger partial charge in [0.15, 0.2) is 5.75 Å². The lowest BCUT2D eigenvalue weighted by molar-refractivity contribution is 0.0769. The van der Waals surface area contributed by atoms with Crippen LogP contribution in [-0.2, 0) is 0 Å². The van der Waals surface area contributed by atoms with Gasteiger partial charge in [-0.15, -0.1) is 0 Å². The molecule has 1 aliphatic rings. The second-order valence-electron chi connectivity index (χ2n) is 3.65. The van der Waals surface area contributed by atoms with Gasteiger partial charge < -0.3 is 15.7 Å². The van der Waals surface area contributed by atoms with Gasteiger partial charge in [0, 0.05) is 24.6 Å². The van der Waals surface area contributed by atoms with Crippen LogP contribution in [0.5, 0.6) is 5.75 Å². The predicted octanol–water partition coefficient (Wildman–Crippen LogP) is 1.16. The van der Waals surface area contributed by atoms with Crippen molar-refractivity contribution in [1.29, 1.82) is 0 Å². The molecule has 0 atom stereocenters. The van der Waals surface area contributed by atoms with Crippen molar-refractivity contribution in [2.75, 3.05) is 30.3 Å². The number of amides is 1. The fraction of sp³-hybridized carbons (Fsp3) is 0.364. The van der Waals surface area contributed by atoms with E-state index in [1.54, 1.807) is 23.1 Å². The van der Waals surface area contributed by atoms with E-state index in [0.29, 0.717) is 5.56 Å². The van der Waals surface area contributed by atoms with Gasteiger partial charge in [0.2, 0.25) is 0 Å². The first-order valence-corrected chi connectivity index (χ1v) is 6.30. The molecule has 0 spiro atoms. The molecule has 16 heavy (non-hydrogen) atoms. The van der Waals surface area contributed by atoms with Gasteiger partial charge in [0.25, 0.3) is 5.91 Å². The molecule has 1 aromatic rings. The first-order valence-electron chi connectivity index (χ1n) is 5.14. The number of carbonyl (C=O) groups excluding carboxylic acids is 1. The summed E-state index contributed by atoms with van der Waals surface area (Å²) in [5.74, 6) is 1.67. The van der Waals surface area contributed by atoms with Crippen molar-refractivity contribution in [3.05, 3.63) is 23.8 Å². The van der Waals surface area contributed by atoms with Gasteiger partial charge in [-0.2, -0.15) is 11.8 Å². The summed E-state index contributed by atoms with van der Waals surface area (Å²) in [6, 6.07) is 4.87. The van der Waals surface area contributed by atoms with E-state index in [4.69, 9.17) is 5.73 Å². The number of thioether (sulfide) groups is 1. The summed E-state index contributed by atoms with van der Waals surface area (Å²) >= 11 is 1.84. The Hall–Kier alpha value is -1.36. The van der Waals surface area contributed by atoms with Gasteiger partial charge in [-0.3, -0.25) is 4.79 Å². The smallest absolute Gasteiger partial charge is 0.257 e. The largest absolute Gasteiger partial charge is 0.505 e. The molecule has 5 heteroatoms. The highest BCUT2D eigenvalue weighted by atomic mass is 32.2. The van der Waals surface area contributed by atoms with Crippen LogP contribution in [-0.4, -0.2) is 40.5 Å². The van der Waals surface area contributed by atoms with E-state index in [1.165, 1.54) is 0 Å². The minimum Gasteiger partial charge on any atom is -0.505 e. The Morgan fingerprint density at radius 1 is 1.38 bits per heavy atom. The maximum atomic E-state index is 12.1. The highest BCUT2D eigenvalue weighted by Gasteiger charge is 2.21. The second kappa shape index (κ2) is 4.65.